The molecule has 0 unspecified atom stereocenters. The minimum Gasteiger partial charge on any atom is -0.496 e. The van der Waals surface area contributed by atoms with Crippen LogP contribution in [0.2, 0.25) is 0 Å². The van der Waals surface area contributed by atoms with Gasteiger partial charge in [0.1, 0.15) is 5.75 Å². The molecule has 3 nitrogen and oxygen atoms in total. The molecular weight excluding hydrogens is 318 g/mol. The van der Waals surface area contributed by atoms with Crippen LogP contribution in [-0.2, 0) is 0 Å². The van der Waals surface area contributed by atoms with Crippen LogP contribution in [0.25, 0.3) is 21.7 Å². The third kappa shape index (κ3) is 1.83. The Labute approximate surface area is 124 Å². The maximum absolute atomic E-state index is 12.3. The van der Waals surface area contributed by atoms with E-state index in [-0.39, 0.29) is 5.56 Å². The fourth-order valence-electron chi connectivity index (χ4n) is 2.57. The number of pyridine rings is 1. The number of aryl methyl sites for hydroxylation is 2. The van der Waals surface area contributed by atoms with Crippen LogP contribution in [0.5, 0.6) is 5.75 Å². The average Bonchev–Trinajstić information content (AvgIpc) is 2.43. The van der Waals surface area contributed by atoms with E-state index in [1.807, 2.05) is 38.1 Å². The van der Waals surface area contributed by atoms with Gasteiger partial charge in [0, 0.05) is 10.8 Å². The second kappa shape index (κ2) is 4.63. The molecule has 0 spiro atoms. The monoisotopic (exact) mass is 331 g/mol. The van der Waals surface area contributed by atoms with Gasteiger partial charge in [0.15, 0.2) is 0 Å². The van der Waals surface area contributed by atoms with Crippen molar-refractivity contribution in [3.63, 3.8) is 0 Å². The fourth-order valence-corrected chi connectivity index (χ4v) is 3.26. The Bertz CT molecular complexity index is 896. The van der Waals surface area contributed by atoms with E-state index < -0.39 is 0 Å². The summed E-state index contributed by atoms with van der Waals surface area (Å²) in [6, 6.07) is 7.84. The average molecular weight is 332 g/mol. The highest BCUT2D eigenvalue weighted by Crippen LogP contribution is 2.37. The van der Waals surface area contributed by atoms with Crippen LogP contribution in [0, 0.1) is 13.8 Å². The molecule has 0 bridgehead atoms. The van der Waals surface area contributed by atoms with Gasteiger partial charge in [-0.05, 0) is 52.9 Å². The molecule has 4 heteroatoms. The fraction of sp³-hybridized carbons (Fsp3) is 0.188. The van der Waals surface area contributed by atoms with Gasteiger partial charge >= 0.3 is 0 Å². The Morgan fingerprint density at radius 1 is 1.15 bits per heavy atom. The molecule has 1 heterocycles. The van der Waals surface area contributed by atoms with Crippen LogP contribution in [0.15, 0.2) is 33.5 Å². The number of aromatic amines is 1. The quantitative estimate of drug-likeness (QED) is 0.683. The molecule has 3 rings (SSSR count). The molecule has 1 aromatic heterocycles. The zero-order valence-electron chi connectivity index (χ0n) is 11.5. The van der Waals surface area contributed by atoms with E-state index in [2.05, 4.69) is 20.9 Å². The minimum absolute atomic E-state index is 0.0589. The van der Waals surface area contributed by atoms with Crippen LogP contribution in [-0.4, -0.2) is 12.1 Å². The number of hydrogen-bond acceptors (Lipinski definition) is 2. The molecule has 0 saturated heterocycles. The van der Waals surface area contributed by atoms with Crippen molar-refractivity contribution in [2.75, 3.05) is 7.11 Å². The molecule has 0 saturated carbocycles. The lowest BCUT2D eigenvalue weighted by Crippen LogP contribution is -2.08. The predicted octanol–water partition coefficient (Wildman–Crippen LogP) is 4.07. The molecule has 102 valence electrons. The number of hydrogen-bond donors (Lipinski definition) is 1. The molecule has 0 radical (unpaired) electrons. The van der Waals surface area contributed by atoms with Gasteiger partial charge in [0.25, 0.3) is 5.56 Å². The number of ether oxygens (including phenoxy) is 1. The summed E-state index contributed by atoms with van der Waals surface area (Å²) in [6.07, 6.45) is 0. The van der Waals surface area contributed by atoms with Crippen molar-refractivity contribution >= 4 is 37.6 Å². The number of aromatic nitrogens is 1. The van der Waals surface area contributed by atoms with Gasteiger partial charge in [-0.2, -0.15) is 0 Å². The topological polar surface area (TPSA) is 42.1 Å². The van der Waals surface area contributed by atoms with E-state index in [1.165, 1.54) is 0 Å². The lowest BCUT2D eigenvalue weighted by atomic mass is 10.0. The number of fused-ring (bicyclic) bond motifs is 3. The molecule has 0 aliphatic heterocycles. The lowest BCUT2D eigenvalue weighted by molar-refractivity contribution is 0.412. The van der Waals surface area contributed by atoms with Gasteiger partial charge in [-0.15, -0.1) is 0 Å². The zero-order chi connectivity index (χ0) is 14.4. The summed E-state index contributed by atoms with van der Waals surface area (Å²) >= 11 is 3.59. The third-order valence-corrected chi connectivity index (χ3v) is 4.36. The van der Waals surface area contributed by atoms with Crippen LogP contribution >= 0.6 is 15.9 Å². The van der Waals surface area contributed by atoms with E-state index in [1.54, 1.807) is 7.11 Å². The second-order valence-electron chi connectivity index (χ2n) is 4.96. The highest BCUT2D eigenvalue weighted by Gasteiger charge is 2.14. The Balaban J connectivity index is 2.65. The number of benzene rings is 2. The van der Waals surface area contributed by atoms with E-state index in [9.17, 15) is 4.79 Å². The van der Waals surface area contributed by atoms with Crippen molar-refractivity contribution in [2.24, 2.45) is 0 Å². The SMILES string of the molecule is COc1cc(C)c2[nH]c(=O)c3cc(C)ccc3c2c1Br. The van der Waals surface area contributed by atoms with Crippen LogP contribution in [0.1, 0.15) is 11.1 Å². The minimum atomic E-state index is -0.0589. The Hall–Kier alpha value is -1.81. The Morgan fingerprint density at radius 2 is 1.90 bits per heavy atom. The number of rotatable bonds is 1. The molecule has 0 aliphatic carbocycles. The van der Waals surface area contributed by atoms with Crippen molar-refractivity contribution in [2.45, 2.75) is 13.8 Å². The van der Waals surface area contributed by atoms with Gasteiger partial charge in [-0.25, -0.2) is 0 Å². The third-order valence-electron chi connectivity index (χ3n) is 3.58. The molecule has 1 N–H and O–H groups in total. The largest absolute Gasteiger partial charge is 0.496 e. The summed E-state index contributed by atoms with van der Waals surface area (Å²) in [6.45, 7) is 3.95. The molecular formula is C16H14BrNO2. The first-order valence-electron chi connectivity index (χ1n) is 6.32. The van der Waals surface area contributed by atoms with Crippen LogP contribution in [0.4, 0.5) is 0 Å². The number of H-pyrrole nitrogens is 1. The van der Waals surface area contributed by atoms with E-state index in [0.717, 1.165) is 37.6 Å². The van der Waals surface area contributed by atoms with E-state index in [0.29, 0.717) is 5.39 Å². The maximum atomic E-state index is 12.3. The molecule has 0 aliphatic rings. The van der Waals surface area contributed by atoms with Crippen molar-refractivity contribution in [3.8, 4) is 5.75 Å². The van der Waals surface area contributed by atoms with Crippen molar-refractivity contribution in [1.82, 2.24) is 4.98 Å². The summed E-state index contributed by atoms with van der Waals surface area (Å²) in [5.41, 5.74) is 2.84. The summed E-state index contributed by atoms with van der Waals surface area (Å²) in [7, 11) is 1.64. The van der Waals surface area contributed by atoms with Gasteiger partial charge < -0.3 is 9.72 Å². The number of halogens is 1. The molecule has 0 fully saturated rings. The molecule has 3 aromatic rings. The molecule has 2 aromatic carbocycles. The first-order chi connectivity index (χ1) is 9.52. The second-order valence-corrected chi connectivity index (χ2v) is 5.76. The zero-order valence-corrected chi connectivity index (χ0v) is 13.1. The van der Waals surface area contributed by atoms with Crippen molar-refractivity contribution in [1.29, 1.82) is 0 Å². The first-order valence-corrected chi connectivity index (χ1v) is 7.11. The van der Waals surface area contributed by atoms with Gasteiger partial charge in [-0.3, -0.25) is 4.79 Å². The molecule has 20 heavy (non-hydrogen) atoms. The standard InChI is InChI=1S/C16H14BrNO2/c1-8-4-5-10-11(6-8)16(19)18-15-9(2)7-12(20-3)14(17)13(10)15/h4-7H,1-3H3,(H,18,19). The summed E-state index contributed by atoms with van der Waals surface area (Å²) in [5.74, 6) is 0.768. The normalized spacial score (nSPS) is 11.2. The van der Waals surface area contributed by atoms with Crippen molar-refractivity contribution < 1.29 is 4.74 Å². The summed E-state index contributed by atoms with van der Waals surface area (Å²) in [5, 5.41) is 2.62. The highest BCUT2D eigenvalue weighted by molar-refractivity contribution is 9.10. The molecule has 0 amide bonds. The van der Waals surface area contributed by atoms with E-state index >= 15 is 0 Å². The molecule has 0 atom stereocenters. The van der Waals surface area contributed by atoms with Gasteiger partial charge in [-0.1, -0.05) is 17.7 Å². The number of methoxy groups -OCH3 is 1. The lowest BCUT2D eigenvalue weighted by Gasteiger charge is -2.12. The highest BCUT2D eigenvalue weighted by atomic mass is 79.9. The van der Waals surface area contributed by atoms with Gasteiger partial charge in [0.05, 0.1) is 17.1 Å². The Morgan fingerprint density at radius 3 is 2.60 bits per heavy atom. The predicted molar refractivity (Wildman–Crippen MR) is 85.8 cm³/mol. The van der Waals surface area contributed by atoms with Crippen LogP contribution < -0.4 is 10.3 Å². The first kappa shape index (κ1) is 13.2. The summed E-state index contributed by atoms with van der Waals surface area (Å²) in [4.78, 5) is 15.2. The smallest absolute Gasteiger partial charge is 0.256 e. The summed E-state index contributed by atoms with van der Waals surface area (Å²) < 4.78 is 6.26. The Kier molecular flexibility index (Phi) is 3.05. The number of nitrogens with one attached hydrogen (secondary N) is 1. The van der Waals surface area contributed by atoms with Gasteiger partial charge in [0.2, 0.25) is 0 Å². The maximum Gasteiger partial charge on any atom is 0.256 e. The van der Waals surface area contributed by atoms with Crippen molar-refractivity contribution in [3.05, 3.63) is 50.2 Å². The van der Waals surface area contributed by atoms with Crippen LogP contribution in [0.3, 0.4) is 0 Å². The van der Waals surface area contributed by atoms with E-state index in [4.69, 9.17) is 4.74 Å².